The Morgan fingerprint density at radius 1 is 1.12 bits per heavy atom. The number of carbonyl (C=O) groups excluding carboxylic acids is 2. The van der Waals surface area contributed by atoms with E-state index in [-0.39, 0.29) is 17.9 Å². The van der Waals surface area contributed by atoms with Crippen LogP contribution in [0.1, 0.15) is 20.7 Å². The summed E-state index contributed by atoms with van der Waals surface area (Å²) in [6.45, 7) is -0.314. The van der Waals surface area contributed by atoms with Crippen molar-refractivity contribution >= 4 is 17.6 Å². The first-order chi connectivity index (χ1) is 8.12. The number of nitrogens with one attached hydrogen (secondary N) is 1. The first-order valence-corrected chi connectivity index (χ1v) is 4.78. The number of aliphatic hydroxyl groups excluding tert-OH is 1. The molecule has 0 atom stereocenters. The van der Waals surface area contributed by atoms with Gasteiger partial charge in [0.1, 0.15) is 6.73 Å². The average molecular weight is 239 g/mol. The third-order valence-corrected chi connectivity index (χ3v) is 2.06. The summed E-state index contributed by atoms with van der Waals surface area (Å²) in [5.74, 6) is -1.14. The summed E-state index contributed by atoms with van der Waals surface area (Å²) in [4.78, 5) is 22.7. The van der Waals surface area contributed by atoms with E-state index in [0.717, 1.165) is 0 Å². The lowest BCUT2D eigenvalue weighted by Crippen LogP contribution is -2.09. The average Bonchev–Trinajstić information content (AvgIpc) is 2.36. The predicted molar refractivity (Wildman–Crippen MR) is 59.8 cm³/mol. The van der Waals surface area contributed by atoms with Crippen molar-refractivity contribution in [2.24, 2.45) is 0 Å². The second-order valence-electron chi connectivity index (χ2n) is 3.12. The summed E-state index contributed by atoms with van der Waals surface area (Å²) in [5, 5.41) is 11.3. The van der Waals surface area contributed by atoms with Gasteiger partial charge >= 0.3 is 11.9 Å². The van der Waals surface area contributed by atoms with Crippen LogP contribution in [0.25, 0.3) is 0 Å². The Hall–Kier alpha value is -2.08. The lowest BCUT2D eigenvalue weighted by molar-refractivity contribution is 0.0599. The Kier molecular flexibility index (Phi) is 4.47. The van der Waals surface area contributed by atoms with E-state index in [1.807, 2.05) is 0 Å². The van der Waals surface area contributed by atoms with Gasteiger partial charge in [0, 0.05) is 5.69 Å². The Labute approximate surface area is 98.2 Å². The van der Waals surface area contributed by atoms with Gasteiger partial charge < -0.3 is 19.9 Å². The maximum atomic E-state index is 11.4. The molecule has 0 saturated carbocycles. The van der Waals surface area contributed by atoms with Crippen LogP contribution in [0.5, 0.6) is 0 Å². The first kappa shape index (κ1) is 13.0. The minimum Gasteiger partial charge on any atom is -0.465 e. The van der Waals surface area contributed by atoms with Crippen molar-refractivity contribution in [3.05, 3.63) is 29.3 Å². The molecule has 0 spiro atoms. The smallest absolute Gasteiger partial charge is 0.337 e. The summed E-state index contributed by atoms with van der Waals surface area (Å²) in [6, 6.07) is 4.29. The molecule has 0 fully saturated rings. The maximum absolute atomic E-state index is 11.4. The van der Waals surface area contributed by atoms with Crippen molar-refractivity contribution in [1.29, 1.82) is 0 Å². The largest absolute Gasteiger partial charge is 0.465 e. The molecule has 0 bridgehead atoms. The molecular weight excluding hydrogens is 226 g/mol. The van der Waals surface area contributed by atoms with Crippen LogP contribution in [-0.2, 0) is 9.47 Å². The number of carbonyl (C=O) groups is 2. The quantitative estimate of drug-likeness (QED) is 0.592. The van der Waals surface area contributed by atoms with Crippen molar-refractivity contribution in [3.8, 4) is 0 Å². The molecular formula is C11H13NO5. The van der Waals surface area contributed by atoms with Crippen LogP contribution < -0.4 is 5.32 Å². The summed E-state index contributed by atoms with van der Waals surface area (Å²) >= 11 is 0. The number of hydrogen-bond acceptors (Lipinski definition) is 6. The van der Waals surface area contributed by atoms with Crippen LogP contribution >= 0.6 is 0 Å². The summed E-state index contributed by atoms with van der Waals surface area (Å²) in [6.07, 6.45) is 0. The number of aliphatic hydroxyl groups is 1. The van der Waals surface area contributed by atoms with Gasteiger partial charge in [0.2, 0.25) is 0 Å². The van der Waals surface area contributed by atoms with Crippen LogP contribution in [-0.4, -0.2) is 38.0 Å². The molecule has 1 aromatic carbocycles. The molecule has 0 aliphatic heterocycles. The molecule has 0 aliphatic carbocycles. The number of hydrogen-bond donors (Lipinski definition) is 2. The SMILES string of the molecule is COC(=O)c1cc(NCO)cc(C(=O)OC)c1. The van der Waals surface area contributed by atoms with Gasteiger partial charge in [0.05, 0.1) is 25.3 Å². The lowest BCUT2D eigenvalue weighted by atomic mass is 10.1. The van der Waals surface area contributed by atoms with E-state index in [9.17, 15) is 9.59 Å². The molecule has 1 aromatic rings. The minimum absolute atomic E-state index is 0.200. The molecule has 0 unspecified atom stereocenters. The number of benzene rings is 1. The van der Waals surface area contributed by atoms with Crippen molar-refractivity contribution in [2.75, 3.05) is 26.3 Å². The highest BCUT2D eigenvalue weighted by atomic mass is 16.5. The Morgan fingerprint density at radius 3 is 1.94 bits per heavy atom. The van der Waals surface area contributed by atoms with Crippen LogP contribution in [0.3, 0.4) is 0 Å². The third-order valence-electron chi connectivity index (χ3n) is 2.06. The molecule has 1 rings (SSSR count). The zero-order valence-corrected chi connectivity index (χ0v) is 9.52. The summed E-state index contributed by atoms with van der Waals surface area (Å²) in [5.41, 5.74) is 0.827. The van der Waals surface area contributed by atoms with E-state index in [4.69, 9.17) is 5.11 Å². The number of ether oxygens (including phenoxy) is 2. The molecule has 0 amide bonds. The van der Waals surface area contributed by atoms with Crippen molar-refractivity contribution in [2.45, 2.75) is 0 Å². The highest BCUT2D eigenvalue weighted by molar-refractivity contribution is 5.96. The molecule has 92 valence electrons. The van der Waals surface area contributed by atoms with E-state index in [1.54, 1.807) is 0 Å². The molecule has 2 N–H and O–H groups in total. The highest BCUT2D eigenvalue weighted by Gasteiger charge is 2.13. The van der Waals surface area contributed by atoms with Gasteiger partial charge in [-0.3, -0.25) is 0 Å². The molecule has 6 nitrogen and oxygen atoms in total. The number of rotatable bonds is 4. The number of anilines is 1. The van der Waals surface area contributed by atoms with Crippen LogP contribution in [0.15, 0.2) is 18.2 Å². The number of methoxy groups -OCH3 is 2. The van der Waals surface area contributed by atoms with Gasteiger partial charge in [-0.05, 0) is 18.2 Å². The fraction of sp³-hybridized carbons (Fsp3) is 0.273. The molecule has 0 aromatic heterocycles. The van der Waals surface area contributed by atoms with Crippen LogP contribution in [0.4, 0.5) is 5.69 Å². The predicted octanol–water partition coefficient (Wildman–Crippen LogP) is 0.621. The first-order valence-electron chi connectivity index (χ1n) is 4.78. The molecule has 6 heteroatoms. The topological polar surface area (TPSA) is 84.9 Å². The maximum Gasteiger partial charge on any atom is 0.337 e. The van der Waals surface area contributed by atoms with E-state index < -0.39 is 11.9 Å². The standard InChI is InChI=1S/C11H13NO5/c1-16-10(14)7-3-8(11(15)17-2)5-9(4-7)12-6-13/h3-5,12-13H,6H2,1-2H3. The summed E-state index contributed by atoms with van der Waals surface area (Å²) in [7, 11) is 2.48. The van der Waals surface area contributed by atoms with Gasteiger partial charge in [-0.2, -0.15) is 0 Å². The Balaban J connectivity index is 3.18. The molecule has 0 saturated heterocycles. The lowest BCUT2D eigenvalue weighted by Gasteiger charge is -2.08. The van der Waals surface area contributed by atoms with E-state index >= 15 is 0 Å². The van der Waals surface area contributed by atoms with Crippen molar-refractivity contribution in [1.82, 2.24) is 0 Å². The second-order valence-corrected chi connectivity index (χ2v) is 3.12. The fourth-order valence-corrected chi connectivity index (χ4v) is 1.29. The minimum atomic E-state index is -0.572. The Bertz CT molecular complexity index is 396. The van der Waals surface area contributed by atoms with Gasteiger partial charge in [-0.1, -0.05) is 0 Å². The number of esters is 2. The van der Waals surface area contributed by atoms with Gasteiger partial charge in [0.25, 0.3) is 0 Å². The van der Waals surface area contributed by atoms with Crippen molar-refractivity contribution < 1.29 is 24.2 Å². The Morgan fingerprint density at radius 2 is 1.59 bits per heavy atom. The highest BCUT2D eigenvalue weighted by Crippen LogP contribution is 2.16. The van der Waals surface area contributed by atoms with Gasteiger partial charge in [-0.15, -0.1) is 0 Å². The second kappa shape index (κ2) is 5.86. The van der Waals surface area contributed by atoms with Crippen molar-refractivity contribution in [3.63, 3.8) is 0 Å². The fourth-order valence-electron chi connectivity index (χ4n) is 1.29. The van der Waals surface area contributed by atoms with E-state index in [1.165, 1.54) is 32.4 Å². The molecule has 0 heterocycles. The zero-order chi connectivity index (χ0) is 12.8. The van der Waals surface area contributed by atoms with Crippen LogP contribution in [0.2, 0.25) is 0 Å². The molecule has 0 radical (unpaired) electrons. The zero-order valence-electron chi connectivity index (χ0n) is 9.52. The molecule has 0 aliphatic rings. The molecule has 17 heavy (non-hydrogen) atoms. The van der Waals surface area contributed by atoms with Gasteiger partial charge in [-0.25, -0.2) is 9.59 Å². The normalized spacial score (nSPS) is 9.59. The van der Waals surface area contributed by atoms with Gasteiger partial charge in [0.15, 0.2) is 0 Å². The summed E-state index contributed by atoms with van der Waals surface area (Å²) < 4.78 is 9.11. The van der Waals surface area contributed by atoms with E-state index in [2.05, 4.69) is 14.8 Å². The van der Waals surface area contributed by atoms with E-state index in [0.29, 0.717) is 5.69 Å². The third kappa shape index (κ3) is 3.18. The van der Waals surface area contributed by atoms with Crippen LogP contribution in [0, 0.1) is 0 Å². The monoisotopic (exact) mass is 239 g/mol.